The Kier molecular flexibility index (Phi) is 6.06. The summed E-state index contributed by atoms with van der Waals surface area (Å²) >= 11 is 0. The van der Waals surface area contributed by atoms with Gasteiger partial charge in [-0.15, -0.1) is 0 Å². The Labute approximate surface area is 203 Å². The second-order valence-corrected chi connectivity index (χ2v) is 9.91. The number of benzene rings is 2. The highest BCUT2D eigenvalue weighted by Gasteiger charge is 2.41. The summed E-state index contributed by atoms with van der Waals surface area (Å²) in [7, 11) is 2.11. The molecule has 9 heteroatoms. The highest BCUT2D eigenvalue weighted by molar-refractivity contribution is 6.04. The summed E-state index contributed by atoms with van der Waals surface area (Å²) in [6.07, 6.45) is 0. The number of aromatic nitrogens is 2. The van der Waals surface area contributed by atoms with E-state index in [1.165, 1.54) is 12.1 Å². The Morgan fingerprint density at radius 3 is 2.51 bits per heavy atom. The normalized spacial score (nSPS) is 18.0. The van der Waals surface area contributed by atoms with Gasteiger partial charge in [-0.3, -0.25) is 14.8 Å². The van der Waals surface area contributed by atoms with Crippen molar-refractivity contribution in [2.45, 2.75) is 32.5 Å². The molecule has 3 aromatic rings. The smallest absolute Gasteiger partial charge is 0.256 e. The minimum atomic E-state index is -0.594. The molecule has 0 radical (unpaired) electrons. The number of carbonyl (C=O) groups is 1. The van der Waals surface area contributed by atoms with Gasteiger partial charge in [0.25, 0.3) is 5.91 Å². The van der Waals surface area contributed by atoms with Crippen molar-refractivity contribution in [2.24, 2.45) is 0 Å². The van der Waals surface area contributed by atoms with E-state index in [-0.39, 0.29) is 5.91 Å². The molecule has 0 aliphatic carbocycles. The van der Waals surface area contributed by atoms with Crippen LogP contribution in [0.25, 0.3) is 0 Å². The van der Waals surface area contributed by atoms with Gasteiger partial charge in [0.15, 0.2) is 5.82 Å². The molecule has 0 saturated carbocycles. The van der Waals surface area contributed by atoms with Gasteiger partial charge in [0, 0.05) is 62.1 Å². The lowest BCUT2D eigenvalue weighted by Crippen LogP contribution is -2.44. The number of nitrogens with one attached hydrogen (secondary N) is 2. The number of piperazine rings is 1. The molecule has 0 spiro atoms. The van der Waals surface area contributed by atoms with Crippen LogP contribution >= 0.6 is 0 Å². The van der Waals surface area contributed by atoms with Crippen molar-refractivity contribution in [3.05, 3.63) is 76.5 Å². The van der Waals surface area contributed by atoms with Crippen LogP contribution in [0.15, 0.2) is 42.5 Å². The van der Waals surface area contributed by atoms with Gasteiger partial charge in [-0.05, 0) is 56.8 Å². The van der Waals surface area contributed by atoms with Crippen molar-refractivity contribution in [1.29, 1.82) is 0 Å². The third-order valence-corrected chi connectivity index (χ3v) is 7.12. The van der Waals surface area contributed by atoms with Crippen LogP contribution in [0.3, 0.4) is 0 Å². The summed E-state index contributed by atoms with van der Waals surface area (Å²) in [5.74, 6) is -0.928. The monoisotopic (exact) mass is 480 g/mol. The predicted molar refractivity (Wildman–Crippen MR) is 131 cm³/mol. The minimum absolute atomic E-state index is 0.223. The fourth-order valence-electron chi connectivity index (χ4n) is 4.94. The zero-order chi connectivity index (χ0) is 24.7. The van der Waals surface area contributed by atoms with Crippen LogP contribution in [0, 0.1) is 11.6 Å². The van der Waals surface area contributed by atoms with Crippen molar-refractivity contribution in [3.63, 3.8) is 0 Å². The Morgan fingerprint density at radius 2 is 1.80 bits per heavy atom. The molecule has 2 N–H and O–H groups in total. The number of fused-ring (bicyclic) bond motifs is 1. The first-order valence-electron chi connectivity index (χ1n) is 11.8. The number of halogens is 2. The predicted octanol–water partition coefficient (Wildman–Crippen LogP) is 3.94. The summed E-state index contributed by atoms with van der Waals surface area (Å²) in [5.41, 5.74) is 3.48. The number of nitrogens with zero attached hydrogens (tertiary/aromatic N) is 4. The molecule has 1 amide bonds. The molecule has 35 heavy (non-hydrogen) atoms. The van der Waals surface area contributed by atoms with Gasteiger partial charge in [0.2, 0.25) is 0 Å². The molecule has 3 heterocycles. The summed E-state index contributed by atoms with van der Waals surface area (Å²) in [5, 5.41) is 10.4. The lowest BCUT2D eigenvalue weighted by Gasteiger charge is -2.34. The fraction of sp³-hybridized carbons (Fsp3) is 0.385. The standard InChI is InChI=1S/C26H30F2N6O/c1-26(2)23-22(16-34(26)15-17-11-19(27)14-20(28)12-17)24(31-30-23)29-25(35)18-5-4-6-21(13-18)33-9-7-32(3)8-10-33/h4-6,11-14H,7-10,15-16H2,1-3H3,(H2,29,30,31,35). The summed E-state index contributed by atoms with van der Waals surface area (Å²) in [4.78, 5) is 19.8. The van der Waals surface area contributed by atoms with Gasteiger partial charge < -0.3 is 15.1 Å². The largest absolute Gasteiger partial charge is 0.369 e. The van der Waals surface area contributed by atoms with E-state index in [0.29, 0.717) is 30.0 Å². The van der Waals surface area contributed by atoms with Crippen LogP contribution in [-0.4, -0.2) is 59.1 Å². The van der Waals surface area contributed by atoms with Crippen molar-refractivity contribution in [3.8, 4) is 0 Å². The number of likely N-dealkylation sites (N-methyl/N-ethyl adjacent to an activating group) is 1. The van der Waals surface area contributed by atoms with Crippen molar-refractivity contribution < 1.29 is 13.6 Å². The number of amides is 1. The molecular weight excluding hydrogens is 450 g/mol. The average molecular weight is 481 g/mol. The first-order valence-corrected chi connectivity index (χ1v) is 11.8. The molecule has 7 nitrogen and oxygen atoms in total. The van der Waals surface area contributed by atoms with E-state index >= 15 is 0 Å². The molecule has 5 rings (SSSR count). The van der Waals surface area contributed by atoms with E-state index < -0.39 is 17.2 Å². The van der Waals surface area contributed by atoms with Gasteiger partial charge in [0.1, 0.15) is 11.6 Å². The van der Waals surface area contributed by atoms with Crippen LogP contribution in [0.5, 0.6) is 0 Å². The molecule has 1 aromatic heterocycles. The molecule has 184 valence electrons. The second-order valence-electron chi connectivity index (χ2n) is 9.91. The van der Waals surface area contributed by atoms with E-state index in [1.807, 2.05) is 32.0 Å². The number of carbonyl (C=O) groups excluding carboxylic acids is 1. The van der Waals surface area contributed by atoms with E-state index in [9.17, 15) is 13.6 Å². The van der Waals surface area contributed by atoms with Crippen LogP contribution in [0.4, 0.5) is 20.3 Å². The maximum atomic E-state index is 13.7. The van der Waals surface area contributed by atoms with Gasteiger partial charge in [0.05, 0.1) is 11.2 Å². The molecule has 1 saturated heterocycles. The third kappa shape index (κ3) is 4.66. The minimum Gasteiger partial charge on any atom is -0.369 e. The third-order valence-electron chi connectivity index (χ3n) is 7.12. The van der Waals surface area contributed by atoms with Gasteiger partial charge in [-0.25, -0.2) is 8.78 Å². The van der Waals surface area contributed by atoms with Crippen LogP contribution in [0.2, 0.25) is 0 Å². The maximum Gasteiger partial charge on any atom is 0.256 e. The molecule has 2 aliphatic rings. The number of hydrogen-bond acceptors (Lipinski definition) is 5. The topological polar surface area (TPSA) is 67.5 Å². The number of aromatic amines is 1. The van der Waals surface area contributed by atoms with Crippen LogP contribution in [-0.2, 0) is 18.6 Å². The van der Waals surface area contributed by atoms with Crippen LogP contribution in [0.1, 0.15) is 41.0 Å². The number of hydrogen-bond donors (Lipinski definition) is 2. The molecule has 1 fully saturated rings. The van der Waals surface area contributed by atoms with Gasteiger partial charge in [-0.2, -0.15) is 5.10 Å². The van der Waals surface area contributed by atoms with E-state index in [4.69, 9.17) is 0 Å². The van der Waals surface area contributed by atoms with Gasteiger partial charge in [-0.1, -0.05) is 6.07 Å². The SMILES string of the molecule is CN1CCN(c2cccc(C(=O)Nc3n[nH]c4c3CN(Cc3cc(F)cc(F)c3)C4(C)C)c2)CC1. The van der Waals surface area contributed by atoms with Crippen molar-refractivity contribution >= 4 is 17.4 Å². The Balaban J connectivity index is 1.32. The molecule has 0 unspecified atom stereocenters. The highest BCUT2D eigenvalue weighted by Crippen LogP contribution is 2.41. The zero-order valence-corrected chi connectivity index (χ0v) is 20.2. The van der Waals surface area contributed by atoms with E-state index in [0.717, 1.165) is 49.2 Å². The van der Waals surface area contributed by atoms with E-state index in [1.54, 1.807) is 6.07 Å². The number of H-pyrrole nitrogens is 1. The fourth-order valence-corrected chi connectivity index (χ4v) is 4.94. The Bertz CT molecular complexity index is 1230. The zero-order valence-electron chi connectivity index (χ0n) is 20.2. The number of anilines is 2. The summed E-state index contributed by atoms with van der Waals surface area (Å²) < 4.78 is 27.4. The van der Waals surface area contributed by atoms with E-state index in [2.05, 4.69) is 37.3 Å². The second kappa shape index (κ2) is 9.05. The molecule has 0 bridgehead atoms. The van der Waals surface area contributed by atoms with Crippen LogP contribution < -0.4 is 10.2 Å². The highest BCUT2D eigenvalue weighted by atomic mass is 19.1. The number of rotatable bonds is 5. The average Bonchev–Trinajstić information content (AvgIpc) is 3.31. The Hall–Kier alpha value is -3.30. The first-order chi connectivity index (χ1) is 16.7. The summed E-state index contributed by atoms with van der Waals surface area (Å²) in [6.45, 7) is 8.74. The van der Waals surface area contributed by atoms with Crippen molar-refractivity contribution in [2.75, 3.05) is 43.4 Å². The quantitative estimate of drug-likeness (QED) is 0.579. The van der Waals surface area contributed by atoms with Crippen molar-refractivity contribution in [1.82, 2.24) is 20.0 Å². The lowest BCUT2D eigenvalue weighted by molar-refractivity contribution is 0.102. The maximum absolute atomic E-state index is 13.7. The first kappa shape index (κ1) is 23.4. The Morgan fingerprint density at radius 1 is 1.09 bits per heavy atom. The molecular formula is C26H30F2N6O. The summed E-state index contributed by atoms with van der Waals surface area (Å²) in [6, 6.07) is 11.2. The molecule has 2 aliphatic heterocycles. The molecule has 2 aromatic carbocycles. The van der Waals surface area contributed by atoms with Gasteiger partial charge >= 0.3 is 0 Å². The molecule has 0 atom stereocenters. The lowest BCUT2D eigenvalue weighted by atomic mass is 10.00.